The molecule has 9 heavy (non-hydrogen) atoms. The molecule has 0 heterocycles. The second-order valence-electron chi connectivity index (χ2n) is 2.08. The first-order valence-corrected chi connectivity index (χ1v) is 2.82. The average Bonchev–Trinajstić information content (AvgIpc) is 1.83. The van der Waals surface area contributed by atoms with Gasteiger partial charge in [0.25, 0.3) is 0 Å². The van der Waals surface area contributed by atoms with Crippen LogP contribution in [0.4, 0.5) is 5.69 Å². The molecule has 0 saturated heterocycles. The van der Waals surface area contributed by atoms with Gasteiger partial charge in [0.2, 0.25) is 0 Å². The summed E-state index contributed by atoms with van der Waals surface area (Å²) < 4.78 is 0. The van der Waals surface area contributed by atoms with Crippen molar-refractivity contribution in [1.82, 2.24) is 0 Å². The van der Waals surface area contributed by atoms with Gasteiger partial charge in [0.05, 0.1) is 0 Å². The molecule has 0 saturated carbocycles. The smallest absolute Gasteiger partial charge is 0.116 e. The van der Waals surface area contributed by atoms with E-state index in [4.69, 9.17) is 13.6 Å². The Kier molecular flexibility index (Phi) is 1.47. The molecule has 0 aliphatic rings. The van der Waals surface area contributed by atoms with Crippen LogP contribution in [0.15, 0.2) is 18.2 Å². The van der Waals surface area contributed by atoms with Crippen LogP contribution >= 0.6 is 0 Å². The predicted molar refractivity (Wildman–Crippen MR) is 41.0 cm³/mol. The first-order chi connectivity index (χ1) is 4.22. The first-order valence-electron chi connectivity index (χ1n) is 2.82. The van der Waals surface area contributed by atoms with Crippen molar-refractivity contribution < 1.29 is 0 Å². The van der Waals surface area contributed by atoms with E-state index in [1.807, 2.05) is 19.1 Å². The number of rotatable bonds is 0. The van der Waals surface area contributed by atoms with Gasteiger partial charge < -0.3 is 5.73 Å². The molecule has 44 valence electrons. The maximum atomic E-state index is 5.56. The van der Waals surface area contributed by atoms with Gasteiger partial charge in [0.1, 0.15) is 7.85 Å². The highest BCUT2D eigenvalue weighted by Gasteiger charge is 1.92. The normalized spacial score (nSPS) is 9.44. The van der Waals surface area contributed by atoms with Crippen LogP contribution in [0.5, 0.6) is 0 Å². The number of benzene rings is 1. The number of para-hydroxylation sites is 1. The first kappa shape index (κ1) is 6.21. The molecule has 0 spiro atoms. The monoisotopic (exact) mass is 117 g/mol. The van der Waals surface area contributed by atoms with Crippen LogP contribution in [0, 0.1) is 6.92 Å². The van der Waals surface area contributed by atoms with E-state index in [-0.39, 0.29) is 0 Å². The lowest BCUT2D eigenvalue weighted by Gasteiger charge is -2.01. The molecule has 0 atom stereocenters. The molecule has 1 aromatic rings. The molecular weight excluding hydrogens is 109 g/mol. The number of hydrogen-bond donors (Lipinski definition) is 1. The van der Waals surface area contributed by atoms with Gasteiger partial charge in [-0.2, -0.15) is 0 Å². The summed E-state index contributed by atoms with van der Waals surface area (Å²) in [7, 11) is 5.50. The van der Waals surface area contributed by atoms with Gasteiger partial charge in [0.15, 0.2) is 0 Å². The Morgan fingerprint density at radius 3 is 2.56 bits per heavy atom. The van der Waals surface area contributed by atoms with Crippen molar-refractivity contribution in [3.05, 3.63) is 23.8 Å². The molecule has 0 amide bonds. The zero-order valence-electron chi connectivity index (χ0n) is 5.39. The SMILES string of the molecule is [B]c1cccc(C)c1N. The minimum Gasteiger partial charge on any atom is -0.399 e. The quantitative estimate of drug-likeness (QED) is 0.385. The van der Waals surface area contributed by atoms with E-state index in [0.717, 1.165) is 5.56 Å². The van der Waals surface area contributed by atoms with Crippen LogP contribution < -0.4 is 11.2 Å². The van der Waals surface area contributed by atoms with Crippen LogP contribution in [0.25, 0.3) is 0 Å². The number of hydrogen-bond acceptors (Lipinski definition) is 1. The summed E-state index contributed by atoms with van der Waals surface area (Å²) in [6.07, 6.45) is 0. The molecule has 1 rings (SSSR count). The fraction of sp³-hybridized carbons (Fsp3) is 0.143. The third-order valence-corrected chi connectivity index (χ3v) is 1.36. The predicted octanol–water partition coefficient (Wildman–Crippen LogP) is 0.371. The molecule has 0 fully saturated rings. The van der Waals surface area contributed by atoms with E-state index in [0.29, 0.717) is 11.2 Å². The summed E-state index contributed by atoms with van der Waals surface area (Å²) in [5.74, 6) is 0. The van der Waals surface area contributed by atoms with E-state index < -0.39 is 0 Å². The third-order valence-electron chi connectivity index (χ3n) is 1.36. The lowest BCUT2D eigenvalue weighted by Crippen LogP contribution is -2.10. The van der Waals surface area contributed by atoms with E-state index >= 15 is 0 Å². The Balaban J connectivity index is 3.25. The maximum Gasteiger partial charge on any atom is 0.116 e. The van der Waals surface area contributed by atoms with E-state index in [2.05, 4.69) is 0 Å². The largest absolute Gasteiger partial charge is 0.399 e. The summed E-state index contributed by atoms with van der Waals surface area (Å²) in [6, 6.07) is 5.62. The van der Waals surface area contributed by atoms with Gasteiger partial charge in [-0.1, -0.05) is 23.7 Å². The Bertz CT molecular complexity index is 200. The molecule has 1 nitrogen and oxygen atoms in total. The van der Waals surface area contributed by atoms with Crippen molar-refractivity contribution in [3.63, 3.8) is 0 Å². The van der Waals surface area contributed by atoms with Gasteiger partial charge in [-0.3, -0.25) is 0 Å². The van der Waals surface area contributed by atoms with Crippen molar-refractivity contribution in [2.24, 2.45) is 0 Å². The zero-order chi connectivity index (χ0) is 6.85. The summed E-state index contributed by atoms with van der Waals surface area (Å²) in [5.41, 5.74) is 7.95. The minimum absolute atomic E-state index is 0.662. The van der Waals surface area contributed by atoms with Crippen LogP contribution in [-0.2, 0) is 0 Å². The Labute approximate surface area is 56.3 Å². The fourth-order valence-corrected chi connectivity index (χ4v) is 0.703. The molecule has 2 heteroatoms. The number of nitrogen functional groups attached to an aromatic ring is 1. The standard InChI is InChI=1S/C7H8BN/c1-5-3-2-4-6(8)7(5)9/h2-4H,9H2,1H3. The van der Waals surface area contributed by atoms with Crippen molar-refractivity contribution in [3.8, 4) is 0 Å². The van der Waals surface area contributed by atoms with Crippen molar-refractivity contribution in [2.45, 2.75) is 6.92 Å². The summed E-state index contributed by atoms with van der Waals surface area (Å²) in [5, 5.41) is 0. The topological polar surface area (TPSA) is 26.0 Å². The molecule has 1 aromatic carbocycles. The fourth-order valence-electron chi connectivity index (χ4n) is 0.703. The second kappa shape index (κ2) is 2.13. The molecule has 0 aliphatic carbocycles. The lowest BCUT2D eigenvalue weighted by molar-refractivity contribution is 1.49. The molecule has 0 aliphatic heterocycles. The lowest BCUT2D eigenvalue weighted by atomic mass is 9.92. The molecule has 0 unspecified atom stereocenters. The average molecular weight is 117 g/mol. The Morgan fingerprint density at radius 1 is 1.44 bits per heavy atom. The highest BCUT2D eigenvalue weighted by atomic mass is 14.6. The zero-order valence-corrected chi connectivity index (χ0v) is 5.39. The Hall–Kier alpha value is -0.915. The van der Waals surface area contributed by atoms with Gasteiger partial charge in [-0.15, -0.1) is 0 Å². The van der Waals surface area contributed by atoms with E-state index in [1.54, 1.807) is 6.07 Å². The van der Waals surface area contributed by atoms with E-state index in [1.165, 1.54) is 0 Å². The van der Waals surface area contributed by atoms with Gasteiger partial charge in [-0.05, 0) is 12.5 Å². The molecule has 2 N–H and O–H groups in total. The molecular formula is C7H8BN. The van der Waals surface area contributed by atoms with Crippen LogP contribution in [0.1, 0.15) is 5.56 Å². The molecule has 0 aromatic heterocycles. The molecule has 2 radical (unpaired) electrons. The van der Waals surface area contributed by atoms with Crippen molar-refractivity contribution >= 4 is 19.0 Å². The maximum absolute atomic E-state index is 5.56. The summed E-state index contributed by atoms with van der Waals surface area (Å²) in [6.45, 7) is 1.94. The van der Waals surface area contributed by atoms with E-state index in [9.17, 15) is 0 Å². The number of aryl methyl sites for hydroxylation is 1. The number of nitrogens with two attached hydrogens (primary N) is 1. The van der Waals surface area contributed by atoms with Crippen LogP contribution in [0.3, 0.4) is 0 Å². The van der Waals surface area contributed by atoms with Gasteiger partial charge >= 0.3 is 0 Å². The third kappa shape index (κ3) is 1.07. The van der Waals surface area contributed by atoms with Gasteiger partial charge in [-0.25, -0.2) is 0 Å². The van der Waals surface area contributed by atoms with Crippen LogP contribution in [-0.4, -0.2) is 7.85 Å². The van der Waals surface area contributed by atoms with Crippen LogP contribution in [0.2, 0.25) is 0 Å². The van der Waals surface area contributed by atoms with Crippen molar-refractivity contribution in [2.75, 3.05) is 5.73 Å². The Morgan fingerprint density at radius 2 is 2.11 bits per heavy atom. The summed E-state index contributed by atoms with van der Waals surface area (Å²) in [4.78, 5) is 0. The minimum atomic E-state index is 0.662. The highest BCUT2D eigenvalue weighted by Crippen LogP contribution is 2.03. The number of anilines is 1. The molecule has 0 bridgehead atoms. The summed E-state index contributed by atoms with van der Waals surface area (Å²) >= 11 is 0. The van der Waals surface area contributed by atoms with Gasteiger partial charge in [0, 0.05) is 5.69 Å². The highest BCUT2D eigenvalue weighted by molar-refractivity contribution is 6.35. The van der Waals surface area contributed by atoms with Crippen molar-refractivity contribution in [1.29, 1.82) is 0 Å². The second-order valence-corrected chi connectivity index (χ2v) is 2.08.